The normalized spacial score (nSPS) is 26.8. The number of rotatable bonds is 6. The lowest BCUT2D eigenvalue weighted by molar-refractivity contribution is -0.384. The minimum atomic E-state index is -1.58. The first-order chi connectivity index (χ1) is 24.6. The molecule has 1 saturated carbocycles. The molecular formula is C39H30ClN3O8. The Morgan fingerprint density at radius 3 is 2.25 bits per heavy atom. The molecule has 4 amide bonds. The number of carbonyl (C=O) groups is 4. The molecule has 6 atom stereocenters. The van der Waals surface area contributed by atoms with Crippen LogP contribution >= 0.6 is 11.6 Å². The quantitative estimate of drug-likeness (QED) is 0.106. The zero-order chi connectivity index (χ0) is 35.8. The molecule has 12 heteroatoms. The molecule has 4 aromatic rings. The van der Waals surface area contributed by atoms with Gasteiger partial charge in [-0.2, -0.15) is 0 Å². The van der Waals surface area contributed by atoms with Crippen molar-refractivity contribution in [2.45, 2.75) is 24.2 Å². The van der Waals surface area contributed by atoms with E-state index >= 15 is 4.79 Å². The lowest BCUT2D eigenvalue weighted by Crippen LogP contribution is -2.53. The summed E-state index contributed by atoms with van der Waals surface area (Å²) in [5.41, 5.74) is 0.0661. The van der Waals surface area contributed by atoms with E-state index in [0.717, 1.165) is 9.80 Å². The number of hydrogen-bond donors (Lipinski definition) is 1. The summed E-state index contributed by atoms with van der Waals surface area (Å²) < 4.78 is 5.50. The standard InChI is InChI=1S/C39H30ClN3O8/c1-51-31-15-7-14-28(34(31)44)33-26-16-17-27-32(37(47)41(35(27)45)24-12-6-13-25(19-24)43(49)50)29(26)20-30-36(46)42(23-11-5-10-22(40)18-23)38(48)39(30,33)21-8-3-2-4-9-21/h2-16,18-19,27,29-30,32-33,44H,17,20H2,1H3/t27-,29+,30-,32-,33+,39+/m0/s1. The number of imide groups is 2. The first-order valence-electron chi connectivity index (χ1n) is 16.5. The lowest BCUT2D eigenvalue weighted by atomic mass is 9.49. The van der Waals surface area contributed by atoms with Crippen molar-refractivity contribution < 1.29 is 33.9 Å². The number of hydrogen-bond acceptors (Lipinski definition) is 8. The van der Waals surface area contributed by atoms with E-state index in [9.17, 15) is 29.6 Å². The Morgan fingerprint density at radius 2 is 1.55 bits per heavy atom. The molecule has 0 spiro atoms. The third-order valence-electron chi connectivity index (χ3n) is 11.0. The van der Waals surface area contributed by atoms with Crippen molar-refractivity contribution in [1.82, 2.24) is 0 Å². The summed E-state index contributed by atoms with van der Waals surface area (Å²) in [5, 5.41) is 23.7. The van der Waals surface area contributed by atoms with Gasteiger partial charge in [-0.15, -0.1) is 0 Å². The van der Waals surface area contributed by atoms with Crippen LogP contribution in [-0.4, -0.2) is 40.8 Å². The first kappa shape index (κ1) is 32.4. The molecule has 1 N–H and O–H groups in total. The number of non-ortho nitro benzene ring substituents is 1. The summed E-state index contributed by atoms with van der Waals surface area (Å²) in [7, 11) is 1.42. The fourth-order valence-electron chi connectivity index (χ4n) is 9.03. The number of carbonyl (C=O) groups excluding carboxylic acids is 4. The highest BCUT2D eigenvalue weighted by Crippen LogP contribution is 2.65. The molecule has 0 radical (unpaired) electrons. The van der Waals surface area contributed by atoms with E-state index in [0.29, 0.717) is 21.7 Å². The van der Waals surface area contributed by atoms with Crippen LogP contribution in [0.1, 0.15) is 29.9 Å². The van der Waals surface area contributed by atoms with Gasteiger partial charge in [0.05, 0.1) is 46.6 Å². The fourth-order valence-corrected chi connectivity index (χ4v) is 9.21. The Labute approximate surface area is 296 Å². The van der Waals surface area contributed by atoms with Crippen LogP contribution in [0.5, 0.6) is 11.5 Å². The predicted molar refractivity (Wildman–Crippen MR) is 186 cm³/mol. The van der Waals surface area contributed by atoms with E-state index in [-0.39, 0.29) is 41.4 Å². The molecule has 2 aliphatic carbocycles. The van der Waals surface area contributed by atoms with E-state index < -0.39 is 63.6 Å². The summed E-state index contributed by atoms with van der Waals surface area (Å²) in [5.74, 6) is -6.49. The highest BCUT2D eigenvalue weighted by molar-refractivity contribution is 6.32. The number of anilines is 2. The van der Waals surface area contributed by atoms with Gasteiger partial charge in [0.1, 0.15) is 0 Å². The number of benzene rings is 4. The number of fused-ring (bicyclic) bond motifs is 4. The van der Waals surface area contributed by atoms with Gasteiger partial charge in [-0.3, -0.25) is 29.3 Å². The molecule has 8 rings (SSSR count). The highest BCUT2D eigenvalue weighted by Gasteiger charge is 2.70. The van der Waals surface area contributed by atoms with E-state index in [1.54, 1.807) is 66.7 Å². The van der Waals surface area contributed by atoms with Gasteiger partial charge < -0.3 is 9.84 Å². The molecule has 256 valence electrons. The number of nitro groups is 1. The Morgan fingerprint density at radius 1 is 0.843 bits per heavy atom. The Bertz CT molecular complexity index is 2210. The molecule has 0 unspecified atom stereocenters. The summed E-state index contributed by atoms with van der Waals surface area (Å²) in [6.07, 6.45) is 2.06. The van der Waals surface area contributed by atoms with Crippen molar-refractivity contribution in [2.24, 2.45) is 23.7 Å². The second-order valence-corrected chi connectivity index (χ2v) is 13.7. The Balaban J connectivity index is 1.35. The van der Waals surface area contributed by atoms with Crippen molar-refractivity contribution in [3.63, 3.8) is 0 Å². The van der Waals surface area contributed by atoms with E-state index in [1.165, 1.54) is 31.4 Å². The van der Waals surface area contributed by atoms with Crippen molar-refractivity contribution in [1.29, 1.82) is 0 Å². The maximum absolute atomic E-state index is 15.3. The van der Waals surface area contributed by atoms with Gasteiger partial charge in [0.25, 0.3) is 5.69 Å². The fraction of sp³-hybridized carbons (Fsp3) is 0.231. The third-order valence-corrected chi connectivity index (χ3v) is 11.3. The average molecular weight is 704 g/mol. The minimum absolute atomic E-state index is 0.0482. The van der Waals surface area contributed by atoms with Crippen LogP contribution in [-0.2, 0) is 24.6 Å². The molecule has 11 nitrogen and oxygen atoms in total. The SMILES string of the molecule is COc1cccc([C@H]2C3=CC[C@@H]4C(=O)N(c5cccc([N+](=O)[O-])c5)C(=O)[C@@H]4[C@@H]3C[C@H]3C(=O)N(c4cccc(Cl)c4)C(=O)[C@@]23c2ccccc2)c1O. The topological polar surface area (TPSA) is 147 Å². The molecule has 2 saturated heterocycles. The van der Waals surface area contributed by atoms with Gasteiger partial charge in [0, 0.05) is 28.6 Å². The number of aromatic hydroxyl groups is 1. The van der Waals surface area contributed by atoms with Crippen LogP contribution in [0.4, 0.5) is 17.1 Å². The highest BCUT2D eigenvalue weighted by atomic mass is 35.5. The van der Waals surface area contributed by atoms with Crippen LogP contribution in [0, 0.1) is 33.8 Å². The van der Waals surface area contributed by atoms with Crippen LogP contribution < -0.4 is 14.5 Å². The number of amides is 4. The summed E-state index contributed by atoms with van der Waals surface area (Å²) in [6, 6.07) is 25.8. The second-order valence-electron chi connectivity index (χ2n) is 13.3. The van der Waals surface area contributed by atoms with Crippen molar-refractivity contribution >= 4 is 52.3 Å². The van der Waals surface area contributed by atoms with E-state index in [4.69, 9.17) is 16.3 Å². The largest absolute Gasteiger partial charge is 0.504 e. The maximum Gasteiger partial charge on any atom is 0.271 e. The molecule has 3 fully saturated rings. The molecule has 0 bridgehead atoms. The smallest absolute Gasteiger partial charge is 0.271 e. The Kier molecular flexibility index (Phi) is 7.57. The van der Waals surface area contributed by atoms with Gasteiger partial charge in [0.15, 0.2) is 11.5 Å². The second kappa shape index (κ2) is 11.9. The van der Waals surface area contributed by atoms with Gasteiger partial charge >= 0.3 is 0 Å². The number of nitrogens with zero attached hydrogens (tertiary/aromatic N) is 3. The molecule has 4 aromatic carbocycles. The average Bonchev–Trinajstić information content (AvgIpc) is 3.53. The van der Waals surface area contributed by atoms with Crippen molar-refractivity contribution in [3.05, 3.63) is 135 Å². The number of phenols is 1. The summed E-state index contributed by atoms with van der Waals surface area (Å²) in [6.45, 7) is 0. The molecule has 2 aliphatic heterocycles. The number of ether oxygens (including phenoxy) is 1. The Hall–Kier alpha value is -5.81. The van der Waals surface area contributed by atoms with Crippen LogP contribution in [0.2, 0.25) is 5.02 Å². The summed E-state index contributed by atoms with van der Waals surface area (Å²) >= 11 is 6.37. The zero-order valence-corrected chi connectivity index (χ0v) is 27.9. The van der Waals surface area contributed by atoms with Crippen molar-refractivity contribution in [3.8, 4) is 11.5 Å². The van der Waals surface area contributed by atoms with Gasteiger partial charge in [-0.1, -0.05) is 77.8 Å². The van der Waals surface area contributed by atoms with E-state index in [2.05, 4.69) is 0 Å². The zero-order valence-electron chi connectivity index (χ0n) is 27.1. The van der Waals surface area contributed by atoms with Gasteiger partial charge in [0.2, 0.25) is 23.6 Å². The molecule has 0 aromatic heterocycles. The lowest BCUT2D eigenvalue weighted by Gasteiger charge is -2.50. The molecule has 51 heavy (non-hydrogen) atoms. The maximum atomic E-state index is 15.3. The molecular weight excluding hydrogens is 674 g/mol. The van der Waals surface area contributed by atoms with Crippen molar-refractivity contribution in [2.75, 3.05) is 16.9 Å². The van der Waals surface area contributed by atoms with Crippen LogP contribution in [0.15, 0.2) is 109 Å². The monoisotopic (exact) mass is 703 g/mol. The van der Waals surface area contributed by atoms with E-state index in [1.807, 2.05) is 12.1 Å². The molecule has 4 aliphatic rings. The number of allylic oxidation sites excluding steroid dienone is 2. The van der Waals surface area contributed by atoms with Gasteiger partial charge in [-0.05, 0) is 54.7 Å². The third kappa shape index (κ3) is 4.57. The van der Waals surface area contributed by atoms with Gasteiger partial charge in [-0.25, -0.2) is 9.80 Å². The number of nitro benzene ring substituents is 1. The summed E-state index contributed by atoms with van der Waals surface area (Å²) in [4.78, 5) is 71.8. The molecule has 2 heterocycles. The number of phenolic OH excluding ortho intramolecular Hbond substituents is 1. The number of halogens is 1. The first-order valence-corrected chi connectivity index (χ1v) is 16.8. The van der Waals surface area contributed by atoms with Crippen LogP contribution in [0.3, 0.4) is 0 Å². The number of para-hydroxylation sites is 1. The predicted octanol–water partition coefficient (Wildman–Crippen LogP) is 6.33. The van der Waals surface area contributed by atoms with Crippen LogP contribution in [0.25, 0.3) is 0 Å². The minimum Gasteiger partial charge on any atom is -0.504 e. The number of methoxy groups -OCH3 is 1.